The van der Waals surface area contributed by atoms with E-state index in [-0.39, 0.29) is 28.3 Å². The number of hydrogen-bond acceptors (Lipinski definition) is 3. The number of ketones is 1. The first-order chi connectivity index (χ1) is 12.3. The molecule has 4 aliphatic carbocycles. The minimum absolute atomic E-state index is 0.0325. The Morgan fingerprint density at radius 2 is 2.12 bits per heavy atom. The van der Waals surface area contributed by atoms with Crippen LogP contribution in [0.25, 0.3) is 0 Å². The number of rotatable bonds is 1. The van der Waals surface area contributed by atoms with Crippen LogP contribution in [0.3, 0.4) is 0 Å². The number of Topliss-reactive ketones (excluding diaryl/α,β-unsaturated/α-hetero) is 1. The zero-order chi connectivity index (χ0) is 18.1. The minimum atomic E-state index is -0.200. The summed E-state index contributed by atoms with van der Waals surface area (Å²) in [4.78, 5) is 15.2. The van der Waals surface area contributed by atoms with Gasteiger partial charge in [0.05, 0.1) is 0 Å². The van der Waals surface area contributed by atoms with Crippen LogP contribution in [-0.2, 0) is 16.6 Å². The zero-order valence-electron chi connectivity index (χ0n) is 16.1. The Labute approximate surface area is 155 Å². The molecule has 136 valence electrons. The zero-order valence-corrected chi connectivity index (χ0v) is 16.1. The van der Waals surface area contributed by atoms with Crippen LogP contribution in [0.5, 0.6) is 5.75 Å². The van der Waals surface area contributed by atoms with Crippen LogP contribution in [0, 0.1) is 23.7 Å². The maximum atomic E-state index is 12.7. The van der Waals surface area contributed by atoms with Crippen LogP contribution >= 0.6 is 0 Å². The van der Waals surface area contributed by atoms with Crippen molar-refractivity contribution in [2.45, 2.75) is 57.6 Å². The van der Waals surface area contributed by atoms with E-state index in [9.17, 15) is 4.79 Å². The summed E-state index contributed by atoms with van der Waals surface area (Å²) in [6.45, 7) is 7.36. The number of hydrogen-bond donors (Lipinski definition) is 0. The quantitative estimate of drug-likeness (QED) is 0.728. The second kappa shape index (κ2) is 4.27. The monoisotopic (exact) mass is 349 g/mol. The molecule has 1 saturated carbocycles. The Balaban J connectivity index is 1.73. The first-order valence-electron chi connectivity index (χ1n) is 10.1. The third kappa shape index (κ3) is 1.31. The molecule has 1 aromatic carbocycles. The maximum Gasteiger partial charge on any atom is 0.133 e. The van der Waals surface area contributed by atoms with E-state index >= 15 is 0 Å². The molecule has 0 N–H and O–H groups in total. The van der Waals surface area contributed by atoms with Gasteiger partial charge in [-0.3, -0.25) is 4.79 Å². The second-order valence-electron chi connectivity index (χ2n) is 9.77. The first-order valence-corrected chi connectivity index (χ1v) is 10.1. The van der Waals surface area contributed by atoms with Gasteiger partial charge in [0, 0.05) is 33.8 Å². The smallest absolute Gasteiger partial charge is 0.133 e. The number of aryl methyl sites for hydroxylation is 1. The lowest BCUT2D eigenvalue weighted by molar-refractivity contribution is -0.171. The predicted octanol–water partition coefficient (Wildman–Crippen LogP) is 3.43. The first kappa shape index (κ1) is 15.4. The highest BCUT2D eigenvalue weighted by atomic mass is 16.5. The van der Waals surface area contributed by atoms with Crippen LogP contribution in [-0.4, -0.2) is 36.4 Å². The van der Waals surface area contributed by atoms with Crippen LogP contribution in [0.4, 0.5) is 0 Å². The molecular formula is C23H27NO2. The fourth-order valence-corrected chi connectivity index (χ4v) is 7.76. The van der Waals surface area contributed by atoms with E-state index in [0.29, 0.717) is 11.8 Å². The second-order valence-corrected chi connectivity index (χ2v) is 9.77. The molecule has 0 unspecified atom stereocenters. The molecule has 4 bridgehead atoms. The molecule has 3 heteroatoms. The molecular weight excluding hydrogens is 322 g/mol. The number of benzene rings is 1. The van der Waals surface area contributed by atoms with Gasteiger partial charge >= 0.3 is 0 Å². The number of carbonyl (C=O) groups is 1. The van der Waals surface area contributed by atoms with Crippen molar-refractivity contribution >= 4 is 5.78 Å². The minimum Gasteiger partial charge on any atom is -0.488 e. The van der Waals surface area contributed by atoms with E-state index < -0.39 is 0 Å². The van der Waals surface area contributed by atoms with Crippen molar-refractivity contribution in [2.24, 2.45) is 16.7 Å². The van der Waals surface area contributed by atoms with Crippen molar-refractivity contribution in [3.63, 3.8) is 0 Å². The summed E-state index contributed by atoms with van der Waals surface area (Å²) in [6, 6.07) is 5.04. The lowest BCUT2D eigenvalue weighted by Gasteiger charge is -2.71. The van der Waals surface area contributed by atoms with Crippen LogP contribution in [0.1, 0.15) is 43.4 Å². The van der Waals surface area contributed by atoms with Crippen molar-refractivity contribution in [1.29, 1.82) is 0 Å². The highest BCUT2D eigenvalue weighted by Gasteiger charge is 2.77. The number of likely N-dealkylation sites (N-methyl/N-ethyl adjacent to an activating group) is 1. The maximum absolute atomic E-state index is 12.7. The molecule has 2 spiro atoms. The van der Waals surface area contributed by atoms with Crippen LogP contribution in [0.2, 0.25) is 0 Å². The molecule has 1 saturated heterocycles. The van der Waals surface area contributed by atoms with Crippen LogP contribution in [0.15, 0.2) is 24.3 Å². The van der Waals surface area contributed by atoms with Gasteiger partial charge in [-0.1, -0.05) is 31.2 Å². The number of ether oxygens (including phenoxy) is 1. The van der Waals surface area contributed by atoms with Gasteiger partial charge in [-0.05, 0) is 57.8 Å². The average molecular weight is 349 g/mol. The van der Waals surface area contributed by atoms with E-state index in [1.165, 1.54) is 16.7 Å². The Morgan fingerprint density at radius 1 is 1.31 bits per heavy atom. The van der Waals surface area contributed by atoms with E-state index in [1.54, 1.807) is 6.92 Å². The van der Waals surface area contributed by atoms with Crippen molar-refractivity contribution in [2.75, 3.05) is 13.6 Å². The molecule has 0 radical (unpaired) electrons. The Morgan fingerprint density at radius 3 is 2.88 bits per heavy atom. The molecule has 2 aliphatic heterocycles. The molecule has 6 aliphatic rings. The molecule has 0 amide bonds. The Kier molecular flexibility index (Phi) is 2.54. The summed E-state index contributed by atoms with van der Waals surface area (Å²) in [5.41, 5.74) is 4.12. The normalized spacial score (nSPS) is 46.8. The molecule has 2 fully saturated rings. The highest BCUT2D eigenvalue weighted by molar-refractivity contribution is 5.81. The molecule has 6 atom stereocenters. The summed E-state index contributed by atoms with van der Waals surface area (Å²) in [6.07, 6.45) is 8.17. The third-order valence-electron chi connectivity index (χ3n) is 8.89. The molecule has 7 rings (SSSR count). The molecule has 2 heterocycles. The Hall–Kier alpha value is -1.61. The molecule has 1 aromatic rings. The van der Waals surface area contributed by atoms with Gasteiger partial charge in [-0.15, -0.1) is 0 Å². The average Bonchev–Trinajstić information content (AvgIpc) is 2.98. The van der Waals surface area contributed by atoms with E-state index in [4.69, 9.17) is 4.74 Å². The van der Waals surface area contributed by atoms with E-state index in [0.717, 1.165) is 31.6 Å². The van der Waals surface area contributed by atoms with E-state index in [1.807, 2.05) is 0 Å². The summed E-state index contributed by atoms with van der Waals surface area (Å²) >= 11 is 0. The summed E-state index contributed by atoms with van der Waals surface area (Å²) in [5, 5.41) is 0. The topological polar surface area (TPSA) is 29.5 Å². The number of likely N-dealkylation sites (tertiary alicyclic amines) is 1. The van der Waals surface area contributed by atoms with Crippen LogP contribution < -0.4 is 4.74 Å². The Bertz CT molecular complexity index is 904. The SMILES string of the molecule is CC(=O)[C@@H]1C[C@@]23C=C[C@]1(C)[C@@H]1Oc4c(C)ccc5c4[C@@]12CCN(C)[C@@H]3C5. The van der Waals surface area contributed by atoms with Gasteiger partial charge in [0.1, 0.15) is 17.6 Å². The standard InChI is InChI=1S/C23H27NO2/c1-13-5-6-15-11-17-22-8-7-21(3,16(12-22)14(2)25)20-23(22,9-10-24(17)4)18(15)19(13)26-20/h5-8,16-17,20H,9-12H2,1-4H3/t16-,17+,20-,21-,22+,23-/m0/s1. The van der Waals surface area contributed by atoms with Crippen molar-refractivity contribution in [3.05, 3.63) is 41.0 Å². The fraction of sp³-hybridized carbons (Fsp3) is 0.609. The summed E-state index contributed by atoms with van der Waals surface area (Å²) in [5.74, 6) is 1.53. The fourth-order valence-electron chi connectivity index (χ4n) is 7.76. The largest absolute Gasteiger partial charge is 0.488 e. The molecule has 0 aromatic heterocycles. The van der Waals surface area contributed by atoms with Gasteiger partial charge in [0.25, 0.3) is 0 Å². The molecule has 26 heavy (non-hydrogen) atoms. The number of carbonyl (C=O) groups excluding carboxylic acids is 1. The number of piperidine rings is 1. The van der Waals surface area contributed by atoms with Gasteiger partial charge in [0.2, 0.25) is 0 Å². The van der Waals surface area contributed by atoms with E-state index in [2.05, 4.69) is 50.1 Å². The van der Waals surface area contributed by atoms with Gasteiger partial charge in [0.15, 0.2) is 0 Å². The highest BCUT2D eigenvalue weighted by Crippen LogP contribution is 2.75. The van der Waals surface area contributed by atoms with Gasteiger partial charge in [-0.25, -0.2) is 0 Å². The van der Waals surface area contributed by atoms with Gasteiger partial charge < -0.3 is 9.64 Å². The van der Waals surface area contributed by atoms with Crippen molar-refractivity contribution < 1.29 is 9.53 Å². The lowest BCUT2D eigenvalue weighted by atomic mass is 9.35. The molecule has 3 nitrogen and oxygen atoms in total. The predicted molar refractivity (Wildman–Crippen MR) is 100 cm³/mol. The summed E-state index contributed by atoms with van der Waals surface area (Å²) < 4.78 is 6.83. The summed E-state index contributed by atoms with van der Waals surface area (Å²) in [7, 11) is 2.27. The lowest BCUT2D eigenvalue weighted by Crippen LogP contribution is -2.76. The number of nitrogens with zero attached hydrogens (tertiary/aromatic N) is 1. The third-order valence-corrected chi connectivity index (χ3v) is 8.89. The number of fused-ring (bicyclic) bond motifs is 1. The van der Waals surface area contributed by atoms with Crippen molar-refractivity contribution in [3.8, 4) is 5.75 Å². The van der Waals surface area contributed by atoms with Crippen molar-refractivity contribution in [1.82, 2.24) is 4.90 Å². The van der Waals surface area contributed by atoms with Gasteiger partial charge in [-0.2, -0.15) is 0 Å².